The molecular formula is C68H86N8O11Ti2. The largest absolute Gasteiger partial charge is 4.00 e. The quantitative estimate of drug-likeness (QED) is 0.0536. The van der Waals surface area contributed by atoms with Crippen LogP contribution >= 0.6 is 0 Å². The molecule has 0 saturated carbocycles. The minimum Gasteiger partial charge on any atom is -2.00 e. The Morgan fingerprint density at radius 3 is 0.876 bits per heavy atom. The molecule has 2 aliphatic heterocycles. The van der Waals surface area contributed by atoms with Gasteiger partial charge in [0, 0.05) is 24.6 Å². The van der Waals surface area contributed by atoms with E-state index in [9.17, 15) is 39.6 Å². The molecule has 2 aromatic heterocycles. The molecule has 0 unspecified atom stereocenters. The van der Waals surface area contributed by atoms with E-state index in [0.717, 1.165) is 0 Å². The first-order valence-electron chi connectivity index (χ1n) is 28.6. The van der Waals surface area contributed by atoms with Gasteiger partial charge in [-0.1, -0.05) is 170 Å². The van der Waals surface area contributed by atoms with Crippen molar-refractivity contribution in [1.82, 2.24) is 19.6 Å². The number of ketones is 2. The van der Waals surface area contributed by atoms with Crippen LogP contribution in [0.5, 0.6) is 11.8 Å². The molecule has 2 aliphatic rings. The van der Waals surface area contributed by atoms with Crippen molar-refractivity contribution in [2.24, 2.45) is 31.9 Å². The van der Waals surface area contributed by atoms with Crippen LogP contribution in [0.15, 0.2) is 154 Å². The minimum absolute atomic E-state index is 0. The Kier molecular flexibility index (Phi) is 33.6. The van der Waals surface area contributed by atoms with Crippen molar-refractivity contribution >= 4 is 46.2 Å². The predicted octanol–water partition coefficient (Wildman–Crippen LogP) is 9.28. The Morgan fingerprint density at radius 2 is 0.652 bits per heavy atom. The molecule has 8 rings (SSSR count). The van der Waals surface area contributed by atoms with Gasteiger partial charge in [-0.05, 0) is 111 Å². The van der Waals surface area contributed by atoms with E-state index in [1.165, 1.54) is 19.4 Å². The number of aryl methyl sites for hydroxylation is 2. The van der Waals surface area contributed by atoms with Gasteiger partial charge in [-0.25, -0.2) is 9.36 Å². The van der Waals surface area contributed by atoms with Crippen molar-refractivity contribution in [2.45, 2.75) is 150 Å². The van der Waals surface area contributed by atoms with Crippen LogP contribution in [-0.2, 0) is 58.5 Å². The Labute approximate surface area is 556 Å². The van der Waals surface area contributed by atoms with Gasteiger partial charge in [0.2, 0.25) is 0 Å². The molecule has 21 heteroatoms. The Morgan fingerprint density at radius 1 is 0.427 bits per heavy atom. The second-order valence-corrected chi connectivity index (χ2v) is 25.3. The van der Waals surface area contributed by atoms with E-state index in [1.807, 2.05) is 156 Å². The summed E-state index contributed by atoms with van der Waals surface area (Å²) < 4.78 is 2.59. The summed E-state index contributed by atoms with van der Waals surface area (Å²) in [7, 11) is 0. The molecule has 0 fully saturated rings. The zero-order valence-electron chi connectivity index (χ0n) is 54.9. The number of benzene rings is 4. The Bertz CT molecular complexity index is 3130. The second kappa shape index (κ2) is 36.5. The second-order valence-electron chi connectivity index (χ2n) is 25.3. The third-order valence-electron chi connectivity index (χ3n) is 12.0. The standard InChI is InChI=1S/4C16H20N2O2.2C2H5O.O.2Ti/c4*1-11-14(13(19)10-16(2,3)4)15(20)18(17-11)12-8-6-5-7-9-12;2*1-2-3;;;/h2*5-9,20H,10H2,1-4H3;2*5-9,19H,10H2,1-4H3;2*2H2,1H3;;;/q;;;;2*-1;-2;2*+4/p-4/b;;2*14-13-;;;;;. The molecule has 0 aliphatic carbocycles. The van der Waals surface area contributed by atoms with Gasteiger partial charge in [-0.15, -0.1) is 24.7 Å². The molecule has 0 N–H and O–H groups in total. The zero-order valence-corrected chi connectivity index (χ0v) is 58.0. The van der Waals surface area contributed by atoms with Gasteiger partial charge in [-0.2, -0.15) is 30.4 Å². The molecule has 0 spiro atoms. The molecule has 0 saturated heterocycles. The van der Waals surface area contributed by atoms with Crippen molar-refractivity contribution in [3.63, 3.8) is 0 Å². The maximum Gasteiger partial charge on any atom is 4.00 e. The summed E-state index contributed by atoms with van der Waals surface area (Å²) in [5, 5.41) is 86.7. The normalized spacial score (nSPS) is 13.8. The van der Waals surface area contributed by atoms with Crippen LogP contribution in [0.25, 0.3) is 11.4 Å². The smallest absolute Gasteiger partial charge is 2.00 e. The molecule has 0 radical (unpaired) electrons. The van der Waals surface area contributed by atoms with E-state index in [0.29, 0.717) is 71.2 Å². The number of hydrogen-bond donors (Lipinski definition) is 0. The Balaban J connectivity index is 0.00000111. The predicted molar refractivity (Wildman–Crippen MR) is 330 cm³/mol. The van der Waals surface area contributed by atoms with Crippen LogP contribution < -0.4 is 40.7 Å². The number of anilines is 2. The third-order valence-corrected chi connectivity index (χ3v) is 12.0. The summed E-state index contributed by atoms with van der Waals surface area (Å²) in [5.41, 5.74) is 4.93. The molecule has 472 valence electrons. The SMILES string of the molecule is CC1=NN(c2ccccc2)C(=O)/C1=C(\[O-])CC(C)(C)C.CC1=NN(c2ccccc2)C(=O)/C1=C(\[O-])CC(C)(C)C.CC[O-].CC[O-].Cc1nn(-c2ccccc2)c([O-])c1C(=O)CC(C)(C)C.Cc1nn(-c2ccccc2)c([O-])c1C(=O)CC(C)(C)C.[O-2].[Ti+4].[Ti+4]. The van der Waals surface area contributed by atoms with Gasteiger partial charge in [-0.3, -0.25) is 19.2 Å². The third kappa shape index (κ3) is 25.4. The monoisotopic (exact) mass is 1290 g/mol. The first-order chi connectivity index (χ1) is 40.0. The number of rotatable bonds is 10. The molecule has 0 bridgehead atoms. The number of carbonyl (C=O) groups is 4. The summed E-state index contributed by atoms with van der Waals surface area (Å²) in [6.07, 6.45) is 1.35. The molecule has 6 aromatic rings. The molecule has 4 aromatic carbocycles. The van der Waals surface area contributed by atoms with Gasteiger partial charge in [0.05, 0.1) is 67.8 Å². The Hall–Kier alpha value is -7.09. The fourth-order valence-electron chi connectivity index (χ4n) is 8.57. The summed E-state index contributed by atoms with van der Waals surface area (Å²) >= 11 is 0. The van der Waals surface area contributed by atoms with Crippen LogP contribution in [0.3, 0.4) is 0 Å². The first-order valence-corrected chi connectivity index (χ1v) is 28.6. The van der Waals surface area contributed by atoms with Crippen LogP contribution in [0.2, 0.25) is 0 Å². The fraction of sp³-hybridized carbons (Fsp3) is 0.412. The van der Waals surface area contributed by atoms with Gasteiger partial charge in [0.1, 0.15) is 0 Å². The number of hydrazone groups is 2. The van der Waals surface area contributed by atoms with Crippen molar-refractivity contribution in [3.05, 3.63) is 167 Å². The number of aromatic nitrogens is 4. The zero-order chi connectivity index (χ0) is 65.1. The summed E-state index contributed by atoms with van der Waals surface area (Å²) in [6, 6.07) is 36.5. The van der Waals surface area contributed by atoms with E-state index in [-0.39, 0.29) is 153 Å². The molecule has 4 heterocycles. The fourth-order valence-corrected chi connectivity index (χ4v) is 8.57. The topological polar surface area (TPSA) is 302 Å². The van der Waals surface area contributed by atoms with Gasteiger partial charge < -0.3 is 36.1 Å². The number of carbonyl (C=O) groups excluding carboxylic acids is 4. The maximum absolute atomic E-state index is 12.4. The average Bonchev–Trinajstić information content (AvgIpc) is 1.91. The van der Waals surface area contributed by atoms with E-state index in [2.05, 4.69) is 20.4 Å². The number of nitrogens with zero attached hydrogens (tertiary/aromatic N) is 8. The molecule has 2 amide bonds. The number of hydrogen-bond acceptors (Lipinski definition) is 14. The van der Waals surface area contributed by atoms with E-state index in [1.54, 1.807) is 90.1 Å². The van der Waals surface area contributed by atoms with Crippen LogP contribution in [0.4, 0.5) is 11.4 Å². The molecule has 0 atom stereocenters. The van der Waals surface area contributed by atoms with Crippen molar-refractivity contribution < 1.29 is 98.7 Å². The van der Waals surface area contributed by atoms with Crippen LogP contribution in [0.1, 0.15) is 169 Å². The maximum atomic E-state index is 12.4. The van der Waals surface area contributed by atoms with Gasteiger partial charge in [0.15, 0.2) is 11.6 Å². The molecular weight excluding hydrogens is 1200 g/mol. The molecule has 89 heavy (non-hydrogen) atoms. The summed E-state index contributed by atoms with van der Waals surface area (Å²) in [4.78, 5) is 49.4. The first kappa shape index (κ1) is 81.9. The molecule has 19 nitrogen and oxygen atoms in total. The number of Topliss-reactive ketones (excluding diaryl/α,β-unsaturated/α-hetero) is 2. The van der Waals surface area contributed by atoms with Crippen LogP contribution in [-0.4, -0.2) is 67.6 Å². The number of para-hydroxylation sites is 4. The van der Waals surface area contributed by atoms with E-state index < -0.39 is 0 Å². The van der Waals surface area contributed by atoms with Crippen molar-refractivity contribution in [2.75, 3.05) is 23.2 Å². The minimum atomic E-state index is -0.331. The van der Waals surface area contributed by atoms with Gasteiger partial charge in [0.25, 0.3) is 11.8 Å². The van der Waals surface area contributed by atoms with Gasteiger partial charge >= 0.3 is 43.4 Å². The van der Waals surface area contributed by atoms with Crippen LogP contribution in [0, 0.1) is 35.5 Å². The number of allylic oxidation sites excluding steroid dienone is 2. The van der Waals surface area contributed by atoms with E-state index >= 15 is 0 Å². The van der Waals surface area contributed by atoms with Crippen molar-refractivity contribution in [3.8, 4) is 23.1 Å². The summed E-state index contributed by atoms with van der Waals surface area (Å²) in [6.45, 7) is 33.7. The van der Waals surface area contributed by atoms with Crippen molar-refractivity contribution in [1.29, 1.82) is 0 Å². The number of amides is 2. The summed E-state index contributed by atoms with van der Waals surface area (Å²) in [5.74, 6) is -1.87. The average molecular weight is 1290 g/mol. The van der Waals surface area contributed by atoms with E-state index in [4.69, 9.17) is 10.2 Å².